The van der Waals surface area contributed by atoms with Crippen LogP contribution in [0.15, 0.2) is 24.3 Å². The highest BCUT2D eigenvalue weighted by Crippen LogP contribution is 2.33. The smallest absolute Gasteiger partial charge is 0.480 e. The first-order valence-electron chi connectivity index (χ1n) is 7.15. The van der Waals surface area contributed by atoms with Gasteiger partial charge in [-0.15, -0.1) is 13.2 Å². The number of aromatic nitrogens is 1. The summed E-state index contributed by atoms with van der Waals surface area (Å²) in [5.74, 6) is -2.22. The molecule has 1 atom stereocenters. The van der Waals surface area contributed by atoms with Gasteiger partial charge >= 0.3 is 12.3 Å². The van der Waals surface area contributed by atoms with E-state index in [-0.39, 0.29) is 17.1 Å². The Bertz CT molecular complexity index is 796. The van der Waals surface area contributed by atoms with E-state index in [2.05, 4.69) is 15.0 Å². The van der Waals surface area contributed by atoms with Gasteiger partial charge in [0.15, 0.2) is 0 Å². The molecule has 2 aromatic rings. The molecule has 0 saturated heterocycles. The van der Waals surface area contributed by atoms with E-state index in [1.54, 1.807) is 0 Å². The number of hydrogen-bond donors (Lipinski definition) is 3. The zero-order chi connectivity index (χ0) is 17.5. The highest BCUT2D eigenvalue weighted by Gasteiger charge is 2.37. The lowest BCUT2D eigenvalue weighted by Crippen LogP contribution is -2.42. The summed E-state index contributed by atoms with van der Waals surface area (Å²) in [6, 6.07) is 4.10. The van der Waals surface area contributed by atoms with Crippen molar-refractivity contribution >= 4 is 22.8 Å². The molecule has 0 bridgehead atoms. The second-order valence-electron chi connectivity index (χ2n) is 5.61. The molecule has 1 saturated carbocycles. The van der Waals surface area contributed by atoms with Gasteiger partial charge in [-0.05, 0) is 37.0 Å². The fourth-order valence-electron chi connectivity index (χ4n) is 2.46. The summed E-state index contributed by atoms with van der Waals surface area (Å²) in [4.78, 5) is 26.0. The number of benzene rings is 1. The van der Waals surface area contributed by atoms with Crippen LogP contribution < -0.4 is 10.1 Å². The lowest BCUT2D eigenvalue weighted by molar-refractivity contribution is -0.274. The largest absolute Gasteiger partial charge is 0.573 e. The van der Waals surface area contributed by atoms with Crippen molar-refractivity contribution in [3.8, 4) is 5.75 Å². The third-order valence-corrected chi connectivity index (χ3v) is 3.72. The first-order chi connectivity index (χ1) is 11.2. The van der Waals surface area contributed by atoms with Crippen LogP contribution in [0, 0.1) is 5.92 Å². The number of carbonyl (C=O) groups excluding carboxylic acids is 1. The molecule has 1 aliphatic carbocycles. The lowest BCUT2D eigenvalue weighted by Gasteiger charge is -2.12. The van der Waals surface area contributed by atoms with E-state index in [0.717, 1.165) is 25.0 Å². The van der Waals surface area contributed by atoms with Crippen molar-refractivity contribution in [2.75, 3.05) is 0 Å². The molecular formula is C15H13F3N2O4. The van der Waals surface area contributed by atoms with E-state index in [1.165, 1.54) is 12.1 Å². The number of carboxylic acids is 1. The molecule has 0 spiro atoms. The van der Waals surface area contributed by atoms with Crippen molar-refractivity contribution in [3.05, 3.63) is 30.0 Å². The number of carboxylic acid groups (broad SMARTS) is 1. The zero-order valence-corrected chi connectivity index (χ0v) is 12.2. The number of aliphatic carboxylic acids is 1. The molecule has 24 heavy (non-hydrogen) atoms. The summed E-state index contributed by atoms with van der Waals surface area (Å²) >= 11 is 0. The van der Waals surface area contributed by atoms with E-state index in [9.17, 15) is 22.8 Å². The number of ether oxygens (including phenoxy) is 1. The average Bonchev–Trinajstić information content (AvgIpc) is 3.21. The summed E-state index contributed by atoms with van der Waals surface area (Å²) in [6.45, 7) is 0. The Balaban J connectivity index is 1.79. The summed E-state index contributed by atoms with van der Waals surface area (Å²) in [6.07, 6.45) is -3.33. The molecule has 1 aliphatic rings. The number of H-pyrrole nitrogens is 1. The van der Waals surface area contributed by atoms with Crippen LogP contribution in [-0.2, 0) is 4.79 Å². The fourth-order valence-corrected chi connectivity index (χ4v) is 2.46. The van der Waals surface area contributed by atoms with Gasteiger partial charge in [-0.2, -0.15) is 0 Å². The van der Waals surface area contributed by atoms with Gasteiger partial charge in [0.2, 0.25) is 0 Å². The minimum absolute atomic E-state index is 0.0704. The van der Waals surface area contributed by atoms with Crippen LogP contribution in [0.2, 0.25) is 0 Å². The number of alkyl halides is 3. The summed E-state index contributed by atoms with van der Waals surface area (Å²) < 4.78 is 40.5. The second kappa shape index (κ2) is 5.73. The molecule has 1 heterocycles. The Morgan fingerprint density at radius 2 is 2.00 bits per heavy atom. The molecule has 6 nitrogen and oxygen atoms in total. The molecule has 1 aromatic carbocycles. The zero-order valence-electron chi connectivity index (χ0n) is 12.2. The van der Waals surface area contributed by atoms with Crippen LogP contribution >= 0.6 is 0 Å². The van der Waals surface area contributed by atoms with Crippen LogP contribution in [0.25, 0.3) is 10.9 Å². The molecule has 9 heteroatoms. The van der Waals surface area contributed by atoms with Crippen molar-refractivity contribution in [3.63, 3.8) is 0 Å². The van der Waals surface area contributed by atoms with Gasteiger partial charge < -0.3 is 20.1 Å². The van der Waals surface area contributed by atoms with Gasteiger partial charge in [0, 0.05) is 17.0 Å². The van der Waals surface area contributed by atoms with Crippen LogP contribution in [0.5, 0.6) is 5.75 Å². The summed E-state index contributed by atoms with van der Waals surface area (Å²) in [7, 11) is 0. The van der Waals surface area contributed by atoms with Gasteiger partial charge in [-0.25, -0.2) is 4.79 Å². The third kappa shape index (κ3) is 3.61. The molecule has 1 aromatic heterocycles. The predicted molar refractivity (Wildman–Crippen MR) is 76.6 cm³/mol. The number of fused-ring (bicyclic) bond motifs is 1. The first-order valence-corrected chi connectivity index (χ1v) is 7.15. The number of halogens is 3. The fraction of sp³-hybridized carbons (Fsp3) is 0.333. The average molecular weight is 342 g/mol. The molecule has 0 aliphatic heterocycles. The molecule has 0 radical (unpaired) electrons. The van der Waals surface area contributed by atoms with Crippen molar-refractivity contribution in [1.82, 2.24) is 10.3 Å². The molecule has 1 unspecified atom stereocenters. The SMILES string of the molecule is O=C(NC(C(=O)O)C1CC1)c1cc2ccc(OC(F)(F)F)cc2[nH]1. The Hall–Kier alpha value is -2.71. The van der Waals surface area contributed by atoms with Crippen molar-refractivity contribution in [2.45, 2.75) is 25.2 Å². The molecule has 3 rings (SSSR count). The van der Waals surface area contributed by atoms with Crippen LogP contribution in [0.4, 0.5) is 13.2 Å². The number of hydrogen-bond acceptors (Lipinski definition) is 3. The summed E-state index contributed by atoms with van der Waals surface area (Å²) in [5.41, 5.74) is 0.348. The van der Waals surface area contributed by atoms with Gasteiger partial charge in [0.25, 0.3) is 5.91 Å². The van der Waals surface area contributed by atoms with E-state index in [1.807, 2.05) is 0 Å². The van der Waals surface area contributed by atoms with Gasteiger partial charge in [0.1, 0.15) is 17.5 Å². The van der Waals surface area contributed by atoms with Gasteiger partial charge in [0.05, 0.1) is 0 Å². The van der Waals surface area contributed by atoms with E-state index < -0.39 is 30.0 Å². The number of carbonyl (C=O) groups is 2. The topological polar surface area (TPSA) is 91.4 Å². The number of nitrogens with one attached hydrogen (secondary N) is 2. The van der Waals surface area contributed by atoms with E-state index >= 15 is 0 Å². The normalized spacial score (nSPS) is 16.0. The molecule has 1 amide bonds. The molecule has 1 fully saturated rings. The Labute approximate surface area is 133 Å². The van der Waals surface area contributed by atoms with Crippen LogP contribution in [0.1, 0.15) is 23.3 Å². The lowest BCUT2D eigenvalue weighted by atomic mass is 10.2. The molecular weight excluding hydrogens is 329 g/mol. The van der Waals surface area contributed by atoms with Gasteiger partial charge in [-0.3, -0.25) is 4.79 Å². The molecule has 128 valence electrons. The maximum atomic E-state index is 12.2. The first kappa shape index (κ1) is 16.2. The minimum Gasteiger partial charge on any atom is -0.480 e. The van der Waals surface area contributed by atoms with Gasteiger partial charge in [-0.1, -0.05) is 0 Å². The predicted octanol–water partition coefficient (Wildman–Crippen LogP) is 2.66. The number of aromatic amines is 1. The standard InChI is InChI=1S/C15H13F3N2O4/c16-15(17,18)24-9-4-3-8-5-11(19-10(8)6-9)13(21)20-12(14(22)23)7-1-2-7/h3-7,12,19H,1-2H2,(H,20,21)(H,22,23). The quantitative estimate of drug-likeness (QED) is 0.779. The Kier molecular flexibility index (Phi) is 3.86. The third-order valence-electron chi connectivity index (χ3n) is 3.72. The highest BCUT2D eigenvalue weighted by atomic mass is 19.4. The van der Waals surface area contributed by atoms with Crippen molar-refractivity contribution < 1.29 is 32.6 Å². The summed E-state index contributed by atoms with van der Waals surface area (Å²) in [5, 5.41) is 12.1. The molecule has 3 N–H and O–H groups in total. The van der Waals surface area contributed by atoms with E-state index in [4.69, 9.17) is 5.11 Å². The number of amides is 1. The Morgan fingerprint density at radius 1 is 1.29 bits per heavy atom. The maximum Gasteiger partial charge on any atom is 0.573 e. The van der Waals surface area contributed by atoms with Crippen molar-refractivity contribution in [1.29, 1.82) is 0 Å². The van der Waals surface area contributed by atoms with Crippen molar-refractivity contribution in [2.24, 2.45) is 5.92 Å². The number of rotatable bonds is 5. The van der Waals surface area contributed by atoms with Crippen LogP contribution in [-0.4, -0.2) is 34.4 Å². The van der Waals surface area contributed by atoms with E-state index in [0.29, 0.717) is 5.39 Å². The monoisotopic (exact) mass is 342 g/mol. The Morgan fingerprint density at radius 3 is 2.58 bits per heavy atom. The second-order valence-corrected chi connectivity index (χ2v) is 5.61. The van der Waals surface area contributed by atoms with Crippen LogP contribution in [0.3, 0.4) is 0 Å². The highest BCUT2D eigenvalue weighted by molar-refractivity contribution is 5.99. The minimum atomic E-state index is -4.81. The maximum absolute atomic E-state index is 12.2.